The zero-order valence-corrected chi connectivity index (χ0v) is 13.7. The molecule has 0 spiro atoms. The standard InChI is InChI=1S/C15H31NO6/c1-2-5-16-6-8-20-10-12-22-14-13-21-11-9-19-7-3-4-15(17)18/h16H,2-14H2,1H3,(H,17,18). The fraction of sp³-hybridized carbons (Fsp3) is 0.933. The second kappa shape index (κ2) is 18.3. The molecule has 0 amide bonds. The van der Waals surface area contributed by atoms with E-state index < -0.39 is 5.97 Å². The Balaban J connectivity index is 2.95. The molecule has 0 bridgehead atoms. The fourth-order valence-corrected chi connectivity index (χ4v) is 1.53. The van der Waals surface area contributed by atoms with Gasteiger partial charge in [0, 0.05) is 19.6 Å². The van der Waals surface area contributed by atoms with E-state index in [4.69, 9.17) is 24.1 Å². The third-order valence-electron chi connectivity index (χ3n) is 2.65. The van der Waals surface area contributed by atoms with Gasteiger partial charge >= 0.3 is 5.97 Å². The summed E-state index contributed by atoms with van der Waals surface area (Å²) in [5.41, 5.74) is 0. The molecule has 0 heterocycles. The Morgan fingerprint density at radius 1 is 0.818 bits per heavy atom. The summed E-state index contributed by atoms with van der Waals surface area (Å²) >= 11 is 0. The summed E-state index contributed by atoms with van der Waals surface area (Å²) in [6.07, 6.45) is 1.81. The highest BCUT2D eigenvalue weighted by molar-refractivity contribution is 5.66. The Labute approximate surface area is 133 Å². The van der Waals surface area contributed by atoms with Gasteiger partial charge in [-0.2, -0.15) is 0 Å². The van der Waals surface area contributed by atoms with Crippen molar-refractivity contribution in [2.24, 2.45) is 0 Å². The van der Waals surface area contributed by atoms with Crippen LogP contribution in [0.1, 0.15) is 26.2 Å². The van der Waals surface area contributed by atoms with Crippen LogP contribution in [0.4, 0.5) is 0 Å². The van der Waals surface area contributed by atoms with Crippen LogP contribution in [0, 0.1) is 0 Å². The highest BCUT2D eigenvalue weighted by Gasteiger charge is 1.96. The molecular weight excluding hydrogens is 290 g/mol. The van der Waals surface area contributed by atoms with Crippen molar-refractivity contribution in [3.05, 3.63) is 0 Å². The van der Waals surface area contributed by atoms with E-state index in [0.29, 0.717) is 59.3 Å². The molecule has 0 aliphatic heterocycles. The number of aliphatic carboxylic acids is 1. The summed E-state index contributed by atoms with van der Waals surface area (Å²) in [5, 5.41) is 11.7. The van der Waals surface area contributed by atoms with Crippen molar-refractivity contribution >= 4 is 5.97 Å². The van der Waals surface area contributed by atoms with Crippen LogP contribution < -0.4 is 5.32 Å². The zero-order chi connectivity index (χ0) is 16.3. The van der Waals surface area contributed by atoms with Gasteiger partial charge in [-0.25, -0.2) is 0 Å². The van der Waals surface area contributed by atoms with Crippen molar-refractivity contribution in [2.75, 3.05) is 65.9 Å². The van der Waals surface area contributed by atoms with Gasteiger partial charge in [0.05, 0.1) is 46.2 Å². The minimum absolute atomic E-state index is 0.144. The Hall–Kier alpha value is -0.730. The third-order valence-corrected chi connectivity index (χ3v) is 2.65. The predicted molar refractivity (Wildman–Crippen MR) is 83.3 cm³/mol. The largest absolute Gasteiger partial charge is 0.481 e. The summed E-state index contributed by atoms with van der Waals surface area (Å²) in [6, 6.07) is 0. The van der Waals surface area contributed by atoms with E-state index in [1.54, 1.807) is 0 Å². The first-order valence-electron chi connectivity index (χ1n) is 8.00. The average molecular weight is 321 g/mol. The van der Waals surface area contributed by atoms with E-state index in [1.165, 1.54) is 0 Å². The maximum absolute atomic E-state index is 10.3. The van der Waals surface area contributed by atoms with Crippen LogP contribution in [-0.2, 0) is 23.7 Å². The molecule has 0 rings (SSSR count). The molecule has 0 aromatic heterocycles. The van der Waals surface area contributed by atoms with Crippen molar-refractivity contribution in [1.82, 2.24) is 5.32 Å². The molecule has 132 valence electrons. The molecule has 2 N–H and O–H groups in total. The second-order valence-corrected chi connectivity index (χ2v) is 4.70. The van der Waals surface area contributed by atoms with Gasteiger partial charge in [-0.3, -0.25) is 4.79 Å². The van der Waals surface area contributed by atoms with Crippen LogP contribution in [0.5, 0.6) is 0 Å². The lowest BCUT2D eigenvalue weighted by atomic mass is 10.3. The smallest absolute Gasteiger partial charge is 0.303 e. The van der Waals surface area contributed by atoms with Gasteiger partial charge in [-0.15, -0.1) is 0 Å². The lowest BCUT2D eigenvalue weighted by Gasteiger charge is -2.07. The lowest BCUT2D eigenvalue weighted by molar-refractivity contribution is -0.137. The van der Waals surface area contributed by atoms with Gasteiger partial charge in [0.1, 0.15) is 0 Å². The Kier molecular flexibility index (Phi) is 17.7. The maximum atomic E-state index is 10.3. The summed E-state index contributed by atoms with van der Waals surface area (Å²) in [4.78, 5) is 10.3. The molecule has 7 heteroatoms. The topological polar surface area (TPSA) is 86.3 Å². The highest BCUT2D eigenvalue weighted by atomic mass is 16.6. The van der Waals surface area contributed by atoms with Gasteiger partial charge in [-0.1, -0.05) is 6.92 Å². The van der Waals surface area contributed by atoms with Crippen LogP contribution in [0.3, 0.4) is 0 Å². The van der Waals surface area contributed by atoms with Crippen LogP contribution >= 0.6 is 0 Å². The van der Waals surface area contributed by atoms with E-state index in [2.05, 4.69) is 12.2 Å². The Bertz CT molecular complexity index is 240. The minimum atomic E-state index is -0.793. The molecule has 0 aliphatic rings. The normalized spacial score (nSPS) is 11.0. The van der Waals surface area contributed by atoms with E-state index in [1.807, 2.05) is 0 Å². The third kappa shape index (κ3) is 19.3. The summed E-state index contributed by atoms with van der Waals surface area (Å²) < 4.78 is 21.3. The van der Waals surface area contributed by atoms with Crippen LogP contribution in [0.25, 0.3) is 0 Å². The lowest BCUT2D eigenvalue weighted by Crippen LogP contribution is -2.21. The number of hydrogen-bond donors (Lipinski definition) is 2. The Morgan fingerprint density at radius 3 is 1.82 bits per heavy atom. The number of hydrogen-bond acceptors (Lipinski definition) is 6. The number of nitrogens with one attached hydrogen (secondary N) is 1. The monoisotopic (exact) mass is 321 g/mol. The average Bonchev–Trinajstić information content (AvgIpc) is 2.50. The van der Waals surface area contributed by atoms with Gasteiger partial charge in [0.15, 0.2) is 0 Å². The van der Waals surface area contributed by atoms with E-state index in [-0.39, 0.29) is 6.42 Å². The van der Waals surface area contributed by atoms with Gasteiger partial charge < -0.3 is 29.4 Å². The number of carbonyl (C=O) groups is 1. The molecule has 0 aromatic carbocycles. The molecule has 0 saturated heterocycles. The minimum Gasteiger partial charge on any atom is -0.481 e. The summed E-state index contributed by atoms with van der Waals surface area (Å²) in [6.45, 7) is 8.41. The molecule has 0 radical (unpaired) electrons. The maximum Gasteiger partial charge on any atom is 0.303 e. The number of rotatable bonds is 18. The molecule has 0 saturated carbocycles. The molecule has 0 atom stereocenters. The van der Waals surface area contributed by atoms with Gasteiger partial charge in [0.25, 0.3) is 0 Å². The molecule has 0 unspecified atom stereocenters. The second-order valence-electron chi connectivity index (χ2n) is 4.70. The summed E-state index contributed by atoms with van der Waals surface area (Å²) in [5.74, 6) is -0.793. The first kappa shape index (κ1) is 21.3. The van der Waals surface area contributed by atoms with Crippen molar-refractivity contribution in [3.63, 3.8) is 0 Å². The first-order valence-corrected chi connectivity index (χ1v) is 8.00. The Morgan fingerprint density at radius 2 is 1.32 bits per heavy atom. The van der Waals surface area contributed by atoms with Crippen LogP contribution in [0.2, 0.25) is 0 Å². The molecule has 7 nitrogen and oxygen atoms in total. The van der Waals surface area contributed by atoms with Gasteiger partial charge in [-0.05, 0) is 19.4 Å². The first-order chi connectivity index (χ1) is 10.8. The molecule has 0 aromatic rings. The molecule has 22 heavy (non-hydrogen) atoms. The quantitative estimate of drug-likeness (QED) is 0.363. The predicted octanol–water partition coefficient (Wildman–Crippen LogP) is 0.917. The number of carboxylic acids is 1. The van der Waals surface area contributed by atoms with Crippen LogP contribution in [-0.4, -0.2) is 77.0 Å². The van der Waals surface area contributed by atoms with Crippen molar-refractivity contribution in [1.29, 1.82) is 0 Å². The molecular formula is C15H31NO6. The van der Waals surface area contributed by atoms with E-state index >= 15 is 0 Å². The summed E-state index contributed by atoms with van der Waals surface area (Å²) in [7, 11) is 0. The SMILES string of the molecule is CCCNCCOCCOCCOCCOCCCC(=O)O. The fourth-order valence-electron chi connectivity index (χ4n) is 1.53. The highest BCUT2D eigenvalue weighted by Crippen LogP contribution is 1.90. The van der Waals surface area contributed by atoms with Gasteiger partial charge in [0.2, 0.25) is 0 Å². The molecule has 0 aliphatic carbocycles. The van der Waals surface area contributed by atoms with E-state index in [9.17, 15) is 4.79 Å². The van der Waals surface area contributed by atoms with Crippen molar-refractivity contribution in [2.45, 2.75) is 26.2 Å². The van der Waals surface area contributed by atoms with Crippen molar-refractivity contribution in [3.8, 4) is 0 Å². The molecule has 0 fully saturated rings. The number of carboxylic acid groups (broad SMARTS) is 1. The van der Waals surface area contributed by atoms with Crippen LogP contribution in [0.15, 0.2) is 0 Å². The zero-order valence-electron chi connectivity index (χ0n) is 13.7. The number of ether oxygens (including phenoxy) is 4. The van der Waals surface area contributed by atoms with Crippen molar-refractivity contribution < 1.29 is 28.8 Å². The van der Waals surface area contributed by atoms with E-state index in [0.717, 1.165) is 19.5 Å².